The van der Waals surface area contributed by atoms with Crippen molar-refractivity contribution in [1.82, 2.24) is 19.5 Å². The monoisotopic (exact) mass is 338 g/mol. The second-order valence-corrected chi connectivity index (χ2v) is 6.39. The van der Waals surface area contributed by atoms with Crippen molar-refractivity contribution < 1.29 is 9.13 Å². The Morgan fingerprint density at radius 3 is 2.80 bits per heavy atom. The number of nitrogens with zero attached hydrogens (tertiary/aromatic N) is 3. The fourth-order valence-electron chi connectivity index (χ4n) is 3.50. The highest BCUT2D eigenvalue weighted by Crippen LogP contribution is 2.36. The van der Waals surface area contributed by atoms with Gasteiger partial charge in [0.1, 0.15) is 22.7 Å². The van der Waals surface area contributed by atoms with Gasteiger partial charge in [-0.1, -0.05) is 0 Å². The highest BCUT2D eigenvalue weighted by molar-refractivity contribution is 5.99. The minimum atomic E-state index is -0.327. The highest BCUT2D eigenvalue weighted by Gasteiger charge is 2.18. The summed E-state index contributed by atoms with van der Waals surface area (Å²) in [4.78, 5) is 11.9. The lowest BCUT2D eigenvalue weighted by molar-refractivity contribution is 0.419. The van der Waals surface area contributed by atoms with E-state index in [0.29, 0.717) is 16.9 Å². The molecular weight excluding hydrogens is 319 g/mol. The van der Waals surface area contributed by atoms with Gasteiger partial charge in [0.15, 0.2) is 5.82 Å². The summed E-state index contributed by atoms with van der Waals surface area (Å²) in [6.45, 7) is 6.03. The molecule has 0 atom stereocenters. The van der Waals surface area contributed by atoms with Crippen LogP contribution >= 0.6 is 0 Å². The maximum atomic E-state index is 14.7. The maximum Gasteiger partial charge on any atom is 0.151 e. The normalized spacial score (nSPS) is 11.8. The zero-order chi connectivity index (χ0) is 17.7. The van der Waals surface area contributed by atoms with Gasteiger partial charge in [-0.3, -0.25) is 0 Å². The molecule has 0 fully saturated rings. The molecule has 5 nitrogen and oxygen atoms in total. The molecule has 0 amide bonds. The number of ether oxygens (including phenoxy) is 1. The predicted molar refractivity (Wildman–Crippen MR) is 96.5 cm³/mol. The number of nitrogens with one attached hydrogen (secondary N) is 1. The number of H-pyrrole nitrogens is 1. The molecule has 25 heavy (non-hydrogen) atoms. The number of aromatic nitrogens is 4. The average molecular weight is 338 g/mol. The molecule has 0 aliphatic heterocycles. The number of aromatic amines is 1. The summed E-state index contributed by atoms with van der Waals surface area (Å²) < 4.78 is 22.3. The largest absolute Gasteiger partial charge is 0.496 e. The molecule has 4 rings (SSSR count). The first-order valence-electron chi connectivity index (χ1n) is 8.19. The van der Waals surface area contributed by atoms with Crippen LogP contribution in [0.5, 0.6) is 5.75 Å². The van der Waals surface area contributed by atoms with E-state index in [4.69, 9.17) is 4.74 Å². The van der Waals surface area contributed by atoms with Crippen LogP contribution in [0, 0.1) is 12.7 Å². The fourth-order valence-corrected chi connectivity index (χ4v) is 3.50. The summed E-state index contributed by atoms with van der Waals surface area (Å²) in [5.41, 5.74) is 3.53. The topological polar surface area (TPSA) is 55.7 Å². The molecule has 0 saturated heterocycles. The van der Waals surface area contributed by atoms with Gasteiger partial charge in [0.25, 0.3) is 0 Å². The van der Waals surface area contributed by atoms with Gasteiger partial charge in [0.2, 0.25) is 0 Å². The molecule has 1 N–H and O–H groups in total. The Morgan fingerprint density at radius 2 is 2.08 bits per heavy atom. The van der Waals surface area contributed by atoms with Gasteiger partial charge in [-0.05, 0) is 44.5 Å². The summed E-state index contributed by atoms with van der Waals surface area (Å²) in [6, 6.07) is 5.50. The second kappa shape index (κ2) is 5.58. The molecular formula is C19H19FN4O. The van der Waals surface area contributed by atoms with Crippen LogP contribution in [-0.2, 0) is 0 Å². The lowest BCUT2D eigenvalue weighted by Crippen LogP contribution is -2.02. The third-order valence-electron chi connectivity index (χ3n) is 4.51. The summed E-state index contributed by atoms with van der Waals surface area (Å²) >= 11 is 0. The number of methoxy groups -OCH3 is 1. The van der Waals surface area contributed by atoms with Crippen LogP contribution in [0.15, 0.2) is 30.6 Å². The van der Waals surface area contributed by atoms with Gasteiger partial charge in [-0.15, -0.1) is 0 Å². The zero-order valence-electron chi connectivity index (χ0n) is 14.6. The van der Waals surface area contributed by atoms with Gasteiger partial charge >= 0.3 is 0 Å². The van der Waals surface area contributed by atoms with Gasteiger partial charge in [-0.2, -0.15) is 0 Å². The minimum Gasteiger partial charge on any atom is -0.496 e. The number of aryl methyl sites for hydroxylation is 1. The van der Waals surface area contributed by atoms with Crippen molar-refractivity contribution in [3.63, 3.8) is 0 Å². The summed E-state index contributed by atoms with van der Waals surface area (Å²) in [5, 5.41) is 0.844. The number of halogens is 1. The molecule has 0 unspecified atom stereocenters. The Morgan fingerprint density at radius 1 is 1.28 bits per heavy atom. The zero-order valence-corrected chi connectivity index (χ0v) is 14.6. The van der Waals surface area contributed by atoms with Gasteiger partial charge in [-0.25, -0.2) is 14.4 Å². The Kier molecular flexibility index (Phi) is 3.49. The van der Waals surface area contributed by atoms with Gasteiger partial charge < -0.3 is 14.3 Å². The molecule has 0 aliphatic carbocycles. The first-order chi connectivity index (χ1) is 12.0. The number of pyridine rings is 1. The molecule has 0 spiro atoms. The van der Waals surface area contributed by atoms with Crippen LogP contribution in [0.3, 0.4) is 0 Å². The molecule has 128 valence electrons. The Labute approximate surface area is 144 Å². The lowest BCUT2D eigenvalue weighted by atomic mass is 10.0. The van der Waals surface area contributed by atoms with Gasteiger partial charge in [0.05, 0.1) is 18.0 Å². The molecule has 0 bridgehead atoms. The van der Waals surface area contributed by atoms with Crippen LogP contribution in [0.2, 0.25) is 0 Å². The van der Waals surface area contributed by atoms with E-state index >= 15 is 0 Å². The average Bonchev–Trinajstić information content (AvgIpc) is 3.15. The van der Waals surface area contributed by atoms with Crippen molar-refractivity contribution >= 4 is 22.1 Å². The molecule has 3 aromatic heterocycles. The van der Waals surface area contributed by atoms with Crippen molar-refractivity contribution in [3.8, 4) is 16.9 Å². The summed E-state index contributed by atoms with van der Waals surface area (Å²) in [6.07, 6.45) is 3.52. The van der Waals surface area contributed by atoms with E-state index in [-0.39, 0.29) is 11.9 Å². The quantitative estimate of drug-likeness (QED) is 0.593. The maximum absolute atomic E-state index is 14.7. The number of hydrogen-bond donors (Lipinski definition) is 1. The third kappa shape index (κ3) is 2.28. The first-order valence-corrected chi connectivity index (χ1v) is 8.19. The van der Waals surface area contributed by atoms with Gasteiger partial charge in [0, 0.05) is 24.0 Å². The lowest BCUT2D eigenvalue weighted by Gasteiger charge is -2.12. The van der Waals surface area contributed by atoms with Crippen molar-refractivity contribution in [2.75, 3.05) is 7.11 Å². The Balaban J connectivity index is 2.04. The van der Waals surface area contributed by atoms with Crippen LogP contribution in [0.25, 0.3) is 33.2 Å². The molecule has 1 aromatic carbocycles. The second-order valence-electron chi connectivity index (χ2n) is 6.39. The van der Waals surface area contributed by atoms with Crippen LogP contribution in [0.1, 0.15) is 25.7 Å². The number of fused-ring (bicyclic) bond motifs is 2. The van der Waals surface area contributed by atoms with Crippen LogP contribution in [-0.4, -0.2) is 26.6 Å². The highest BCUT2D eigenvalue weighted by atomic mass is 19.1. The smallest absolute Gasteiger partial charge is 0.151 e. The SMILES string of the molecule is COc1ccnc2[nH]cc(-c3cc(F)c4nc(C)n(C(C)C)c4c3)c12. The number of benzene rings is 1. The molecule has 0 radical (unpaired) electrons. The number of rotatable bonds is 3. The Hall–Kier alpha value is -2.89. The standard InChI is InChI=1S/C19H19FN4O/c1-10(2)24-11(3)23-18-14(20)7-12(8-15(18)24)13-9-22-19-17(13)16(25-4)5-6-21-19/h5-10H,1-4H3,(H,21,22). The Bertz CT molecular complexity index is 1090. The number of hydrogen-bond acceptors (Lipinski definition) is 3. The number of imidazole rings is 1. The van der Waals surface area contributed by atoms with E-state index in [1.54, 1.807) is 19.4 Å². The van der Waals surface area contributed by atoms with Crippen molar-refractivity contribution in [2.45, 2.75) is 26.8 Å². The van der Waals surface area contributed by atoms with Crippen molar-refractivity contribution in [3.05, 3.63) is 42.2 Å². The first kappa shape index (κ1) is 15.6. The van der Waals surface area contributed by atoms with Crippen LogP contribution < -0.4 is 4.74 Å². The molecule has 0 aliphatic rings. The van der Waals surface area contributed by atoms with E-state index in [1.165, 1.54) is 6.07 Å². The fraction of sp³-hybridized carbons (Fsp3) is 0.263. The van der Waals surface area contributed by atoms with Crippen LogP contribution in [0.4, 0.5) is 4.39 Å². The predicted octanol–water partition coefficient (Wildman–Crippen LogP) is 4.62. The third-order valence-corrected chi connectivity index (χ3v) is 4.51. The van der Waals surface area contributed by atoms with Crippen molar-refractivity contribution in [1.29, 1.82) is 0 Å². The van der Waals surface area contributed by atoms with E-state index < -0.39 is 0 Å². The summed E-state index contributed by atoms with van der Waals surface area (Å²) in [7, 11) is 1.62. The summed E-state index contributed by atoms with van der Waals surface area (Å²) in [5.74, 6) is 1.18. The van der Waals surface area contributed by atoms with E-state index in [0.717, 1.165) is 27.9 Å². The minimum absolute atomic E-state index is 0.193. The molecule has 4 aromatic rings. The van der Waals surface area contributed by atoms with E-state index in [2.05, 4.69) is 28.8 Å². The molecule has 0 saturated carbocycles. The van der Waals surface area contributed by atoms with E-state index in [1.807, 2.05) is 23.8 Å². The molecule has 6 heteroatoms. The van der Waals surface area contributed by atoms with Crippen molar-refractivity contribution in [2.24, 2.45) is 0 Å². The molecule has 3 heterocycles. The van der Waals surface area contributed by atoms with E-state index in [9.17, 15) is 4.39 Å².